The molecule has 188 valence electrons. The van der Waals surface area contributed by atoms with Gasteiger partial charge < -0.3 is 10.2 Å². The molecule has 0 amide bonds. The molecule has 5 fully saturated rings. The Hall–Kier alpha value is -0.410. The van der Waals surface area contributed by atoms with Crippen LogP contribution < -0.4 is 0 Å². The molecule has 0 heterocycles. The predicted octanol–water partition coefficient (Wildman–Crippen LogP) is 6.40. The molecule has 5 aliphatic rings. The summed E-state index contributed by atoms with van der Waals surface area (Å²) in [5.74, 6) is 2.53. The third kappa shape index (κ3) is 2.90. The fraction of sp³-hybridized carbons (Fsp3) is 0.967. The molecule has 0 spiro atoms. The third-order valence-electron chi connectivity index (χ3n) is 14.0. The molecule has 5 aliphatic carbocycles. The minimum absolute atomic E-state index is 0.00432. The second-order valence-corrected chi connectivity index (χ2v) is 15.0. The topological polar surface area (TPSA) is 57.5 Å². The third-order valence-corrected chi connectivity index (χ3v) is 14.0. The predicted molar refractivity (Wildman–Crippen MR) is 133 cm³/mol. The summed E-state index contributed by atoms with van der Waals surface area (Å²) in [6.07, 6.45) is 12.4. The molecule has 0 saturated heterocycles. The van der Waals surface area contributed by atoms with Crippen LogP contribution in [0.25, 0.3) is 0 Å². The Morgan fingerprint density at radius 1 is 0.727 bits per heavy atom. The number of fused-ring (bicyclic) bond motifs is 7. The maximum Gasteiger partial charge on any atom is 0.136 e. The van der Waals surface area contributed by atoms with Crippen molar-refractivity contribution in [3.05, 3.63) is 0 Å². The number of ketones is 1. The van der Waals surface area contributed by atoms with Crippen LogP contribution in [-0.4, -0.2) is 29.2 Å². The highest BCUT2D eigenvalue weighted by molar-refractivity contribution is 5.82. The zero-order valence-corrected chi connectivity index (χ0v) is 22.3. The van der Waals surface area contributed by atoms with Gasteiger partial charge in [-0.25, -0.2) is 0 Å². The summed E-state index contributed by atoms with van der Waals surface area (Å²) in [6.45, 7) is 15.4. The zero-order valence-electron chi connectivity index (χ0n) is 22.3. The normalized spacial score (nSPS) is 58.6. The quantitative estimate of drug-likeness (QED) is 0.503. The summed E-state index contributed by atoms with van der Waals surface area (Å²) in [5, 5.41) is 21.0. The number of rotatable bonds is 2. The standard InChI is InChI=1S/C30H50O3/c1-20-21(33)7-8-22-26(20,3)10-9-23-27(22,4)12-13-29(6)24-17-25(2,18-31)11-15-30(24,19-32)16-14-28(23,29)5/h20,22-24,31-32H,7-19H2,1-6H3/t20-,22?,23?,24?,25+,26+,27-,28+,29-,30+/m0/s1. The molecule has 0 aromatic carbocycles. The van der Waals surface area contributed by atoms with E-state index in [0.29, 0.717) is 35.6 Å². The lowest BCUT2D eigenvalue weighted by Crippen LogP contribution is -2.68. The molecule has 3 unspecified atom stereocenters. The van der Waals surface area contributed by atoms with E-state index in [-0.39, 0.29) is 39.6 Å². The first-order valence-electron chi connectivity index (χ1n) is 14.1. The number of aliphatic hydroxyl groups excluding tert-OH is 2. The van der Waals surface area contributed by atoms with Gasteiger partial charge >= 0.3 is 0 Å². The van der Waals surface area contributed by atoms with Crippen molar-refractivity contribution in [3.63, 3.8) is 0 Å². The highest BCUT2D eigenvalue weighted by Crippen LogP contribution is 2.78. The minimum atomic E-state index is -0.00432. The molecule has 10 atom stereocenters. The Morgan fingerprint density at radius 3 is 2.03 bits per heavy atom. The van der Waals surface area contributed by atoms with E-state index in [2.05, 4.69) is 41.5 Å². The van der Waals surface area contributed by atoms with Crippen LogP contribution in [0.1, 0.15) is 112 Å². The molecule has 0 aromatic heterocycles. The van der Waals surface area contributed by atoms with Gasteiger partial charge in [-0.05, 0) is 114 Å². The Bertz CT molecular complexity index is 823. The maximum absolute atomic E-state index is 12.7. The van der Waals surface area contributed by atoms with Gasteiger partial charge in [0.25, 0.3) is 0 Å². The number of hydrogen-bond acceptors (Lipinski definition) is 3. The van der Waals surface area contributed by atoms with Gasteiger partial charge in [-0.15, -0.1) is 0 Å². The molecule has 3 heteroatoms. The first-order valence-corrected chi connectivity index (χ1v) is 14.1. The largest absolute Gasteiger partial charge is 0.396 e. The Balaban J connectivity index is 1.55. The summed E-state index contributed by atoms with van der Waals surface area (Å²) < 4.78 is 0. The smallest absolute Gasteiger partial charge is 0.136 e. The molecule has 5 rings (SSSR count). The van der Waals surface area contributed by atoms with E-state index in [9.17, 15) is 15.0 Å². The van der Waals surface area contributed by atoms with Crippen molar-refractivity contribution in [2.24, 2.45) is 56.2 Å². The van der Waals surface area contributed by atoms with Crippen molar-refractivity contribution >= 4 is 5.78 Å². The Kier molecular flexibility index (Phi) is 5.38. The summed E-state index contributed by atoms with van der Waals surface area (Å²) >= 11 is 0. The average Bonchev–Trinajstić information content (AvgIpc) is 2.79. The van der Waals surface area contributed by atoms with Gasteiger partial charge in [0.15, 0.2) is 0 Å². The fourth-order valence-electron chi connectivity index (χ4n) is 11.3. The first kappa shape index (κ1) is 24.3. The number of hydrogen-bond donors (Lipinski definition) is 2. The van der Waals surface area contributed by atoms with E-state index < -0.39 is 0 Å². The molecule has 0 aliphatic heterocycles. The Labute approximate surface area is 202 Å². The molecular formula is C30H50O3. The molecule has 0 aromatic rings. The first-order chi connectivity index (χ1) is 15.3. The zero-order chi connectivity index (χ0) is 24.1. The van der Waals surface area contributed by atoms with Crippen LogP contribution in [0, 0.1) is 56.2 Å². The van der Waals surface area contributed by atoms with Crippen LogP contribution in [0.4, 0.5) is 0 Å². The summed E-state index contributed by atoms with van der Waals surface area (Å²) in [4.78, 5) is 12.7. The fourth-order valence-corrected chi connectivity index (χ4v) is 11.3. The van der Waals surface area contributed by atoms with Gasteiger partial charge in [-0.2, -0.15) is 0 Å². The lowest BCUT2D eigenvalue weighted by Gasteiger charge is -2.75. The molecule has 0 bridgehead atoms. The highest BCUT2D eigenvalue weighted by atomic mass is 16.3. The molecule has 3 nitrogen and oxygen atoms in total. The van der Waals surface area contributed by atoms with Gasteiger partial charge in [0.05, 0.1) is 0 Å². The summed E-state index contributed by atoms with van der Waals surface area (Å²) in [7, 11) is 0. The minimum Gasteiger partial charge on any atom is -0.396 e. The van der Waals surface area contributed by atoms with E-state index >= 15 is 0 Å². The second-order valence-electron chi connectivity index (χ2n) is 15.0. The van der Waals surface area contributed by atoms with Crippen LogP contribution in [0.15, 0.2) is 0 Å². The van der Waals surface area contributed by atoms with Crippen LogP contribution in [0.3, 0.4) is 0 Å². The number of Topliss-reactive ketones (excluding diaryl/α,β-unsaturated/α-hetero) is 1. The monoisotopic (exact) mass is 458 g/mol. The highest BCUT2D eigenvalue weighted by Gasteiger charge is 2.71. The van der Waals surface area contributed by atoms with Gasteiger partial charge in [0.2, 0.25) is 0 Å². The molecule has 2 N–H and O–H groups in total. The van der Waals surface area contributed by atoms with Crippen molar-refractivity contribution in [1.82, 2.24) is 0 Å². The molecule has 5 saturated carbocycles. The van der Waals surface area contributed by atoms with E-state index in [1.54, 1.807) is 0 Å². The van der Waals surface area contributed by atoms with E-state index in [4.69, 9.17) is 0 Å². The van der Waals surface area contributed by atoms with Crippen molar-refractivity contribution in [3.8, 4) is 0 Å². The van der Waals surface area contributed by atoms with Crippen molar-refractivity contribution in [2.75, 3.05) is 13.2 Å². The van der Waals surface area contributed by atoms with Crippen LogP contribution >= 0.6 is 0 Å². The lowest BCUT2D eigenvalue weighted by molar-refractivity contribution is -0.264. The van der Waals surface area contributed by atoms with E-state index in [1.165, 1.54) is 32.1 Å². The molecule has 0 radical (unpaired) electrons. The van der Waals surface area contributed by atoms with Crippen molar-refractivity contribution in [2.45, 2.75) is 112 Å². The number of carbonyl (C=O) groups excluding carboxylic acids is 1. The lowest BCUT2D eigenvalue weighted by atomic mass is 9.30. The van der Waals surface area contributed by atoms with Crippen LogP contribution in [0.2, 0.25) is 0 Å². The van der Waals surface area contributed by atoms with Gasteiger partial charge in [-0.3, -0.25) is 4.79 Å². The van der Waals surface area contributed by atoms with Gasteiger partial charge in [0.1, 0.15) is 5.78 Å². The number of aliphatic hydroxyl groups is 2. The van der Waals surface area contributed by atoms with E-state index in [1.807, 2.05) is 0 Å². The summed E-state index contributed by atoms with van der Waals surface area (Å²) in [6, 6.07) is 0. The molecule has 33 heavy (non-hydrogen) atoms. The van der Waals surface area contributed by atoms with Crippen LogP contribution in [0.5, 0.6) is 0 Å². The van der Waals surface area contributed by atoms with E-state index in [0.717, 1.165) is 38.5 Å². The maximum atomic E-state index is 12.7. The average molecular weight is 459 g/mol. The molecular weight excluding hydrogens is 408 g/mol. The van der Waals surface area contributed by atoms with Gasteiger partial charge in [0, 0.05) is 25.6 Å². The van der Waals surface area contributed by atoms with Crippen molar-refractivity contribution < 1.29 is 15.0 Å². The van der Waals surface area contributed by atoms with Gasteiger partial charge in [-0.1, -0.05) is 41.5 Å². The van der Waals surface area contributed by atoms with Crippen LogP contribution in [-0.2, 0) is 4.79 Å². The Morgan fingerprint density at radius 2 is 1.36 bits per heavy atom. The SMILES string of the molecule is C[C@H]1C(=O)CCC2[C@]3(C)CC[C@@]4(C)C5C[C@](C)(CO)CC[C@]5(CO)CC[C@]4(C)C3CC[C@@]21C. The van der Waals surface area contributed by atoms with Crippen molar-refractivity contribution in [1.29, 1.82) is 0 Å². The summed E-state index contributed by atoms with van der Waals surface area (Å²) in [5.41, 5.74) is 0.988. The number of carbonyl (C=O) groups is 1. The second kappa shape index (κ2) is 7.31.